The number of hydrogen-bond acceptors (Lipinski definition) is 6. The van der Waals surface area contributed by atoms with Crippen LogP contribution in [0, 0.1) is 0 Å². The Morgan fingerprint density at radius 1 is 0.272 bits per heavy atom. The molecule has 0 N–H and O–H groups in total. The van der Waals surface area contributed by atoms with Gasteiger partial charge in [0.05, 0.1) is 6.42 Å². The number of unbranched alkanes of at least 4 members (excludes halogenated alkanes) is 19. The lowest BCUT2D eigenvalue weighted by molar-refractivity contribution is -0.166. The predicted octanol–water partition coefficient (Wildman–Crippen LogP) is 22.7. The van der Waals surface area contributed by atoms with E-state index in [4.69, 9.17) is 14.2 Å². The van der Waals surface area contributed by atoms with E-state index in [-0.39, 0.29) is 38.0 Å². The van der Waals surface area contributed by atoms with Crippen LogP contribution in [0.25, 0.3) is 0 Å². The number of rotatable bonds is 57. The molecule has 1 atom stereocenters. The summed E-state index contributed by atoms with van der Waals surface area (Å²) in [5, 5.41) is 0. The van der Waals surface area contributed by atoms with Crippen molar-refractivity contribution in [2.75, 3.05) is 13.2 Å². The van der Waals surface area contributed by atoms with Gasteiger partial charge in [0.1, 0.15) is 13.2 Å². The van der Waals surface area contributed by atoms with Crippen molar-refractivity contribution in [3.63, 3.8) is 0 Å². The molecule has 0 bridgehead atoms. The highest BCUT2D eigenvalue weighted by molar-refractivity contribution is 5.72. The average molecular weight is 1120 g/mol. The standard InChI is InChI=1S/C75H118O6/c1-4-7-10-13-16-19-22-25-28-30-32-33-34-35-36-37-38-39-40-41-43-44-47-50-53-56-59-62-65-68-74(77)80-71-72(70-79-73(76)67-64-61-58-55-52-49-46-27-24-21-18-15-12-9-6-3)81-75(78)69-66-63-60-57-54-51-48-45-42-31-29-26-23-20-17-14-11-8-5-2/h7,9-10,12,16,18-19,21,25,27-28,32-33,35-36,38-39,41,43,46-47,50,52,55-56,59,61,64,72H,4-6,8,11,13-15,17,20,22-24,26,29-31,34,37,40,42,44-45,48-49,51,53-54,57-58,60,62-63,65-71H2,1-3H3/b10-7-,12-9-,19-16-,21-18-,28-25-,33-32-,36-35-,39-38-,43-41-,46-27-,50-47-,55-52-,59-56-,64-61-. The summed E-state index contributed by atoms with van der Waals surface area (Å²) in [6.07, 6.45) is 99.7. The molecule has 0 spiro atoms. The highest BCUT2D eigenvalue weighted by atomic mass is 16.6. The van der Waals surface area contributed by atoms with Gasteiger partial charge in [0, 0.05) is 12.8 Å². The average Bonchev–Trinajstić information content (AvgIpc) is 3.47. The first-order chi connectivity index (χ1) is 40.0. The molecule has 0 amide bonds. The lowest BCUT2D eigenvalue weighted by Crippen LogP contribution is -2.30. The number of carbonyl (C=O) groups excluding carboxylic acids is 3. The Kier molecular flexibility index (Phi) is 62.9. The Hall–Kier alpha value is -5.23. The SMILES string of the molecule is CC/C=C\C/C=C\C/C=C\C/C=C\C/C=C\C/C=C\C/C=C\C/C=C\C/C=C\CCCC(=O)OCC(COC(=O)C/C=C\C/C=C\C/C=C\C/C=C\C/C=C\CC)OC(=O)CCCCCCCCCCCCCCCCCCCCC. The van der Waals surface area contributed by atoms with E-state index < -0.39 is 12.1 Å². The van der Waals surface area contributed by atoms with E-state index in [9.17, 15) is 14.4 Å². The topological polar surface area (TPSA) is 78.9 Å². The second-order valence-electron chi connectivity index (χ2n) is 20.9. The lowest BCUT2D eigenvalue weighted by Gasteiger charge is -2.18. The highest BCUT2D eigenvalue weighted by Gasteiger charge is 2.19. The zero-order valence-electron chi connectivity index (χ0n) is 52.0. The van der Waals surface area contributed by atoms with Crippen LogP contribution in [-0.2, 0) is 28.6 Å². The maximum Gasteiger partial charge on any atom is 0.309 e. The third kappa shape index (κ3) is 65.5. The monoisotopic (exact) mass is 1110 g/mol. The molecule has 454 valence electrons. The van der Waals surface area contributed by atoms with E-state index in [1.54, 1.807) is 6.08 Å². The molecular weight excluding hydrogens is 997 g/mol. The van der Waals surface area contributed by atoms with Crippen LogP contribution in [0.4, 0.5) is 0 Å². The summed E-state index contributed by atoms with van der Waals surface area (Å²) in [6.45, 7) is 6.28. The summed E-state index contributed by atoms with van der Waals surface area (Å²) >= 11 is 0. The smallest absolute Gasteiger partial charge is 0.309 e. The highest BCUT2D eigenvalue weighted by Crippen LogP contribution is 2.16. The summed E-state index contributed by atoms with van der Waals surface area (Å²) in [7, 11) is 0. The Morgan fingerprint density at radius 2 is 0.531 bits per heavy atom. The molecule has 0 aliphatic carbocycles. The van der Waals surface area contributed by atoms with Crippen LogP contribution < -0.4 is 0 Å². The Bertz CT molecular complexity index is 1860. The number of esters is 3. The fourth-order valence-electron chi connectivity index (χ4n) is 8.46. The van der Waals surface area contributed by atoms with Crippen LogP contribution in [-0.4, -0.2) is 37.2 Å². The molecule has 0 radical (unpaired) electrons. The molecule has 0 saturated heterocycles. The van der Waals surface area contributed by atoms with Gasteiger partial charge in [-0.3, -0.25) is 14.4 Å². The van der Waals surface area contributed by atoms with Crippen LogP contribution in [0.5, 0.6) is 0 Å². The summed E-state index contributed by atoms with van der Waals surface area (Å²) in [5.74, 6) is -1.13. The fourth-order valence-corrected chi connectivity index (χ4v) is 8.46. The van der Waals surface area contributed by atoms with Gasteiger partial charge in [0.25, 0.3) is 0 Å². The largest absolute Gasteiger partial charge is 0.462 e. The van der Waals surface area contributed by atoms with Gasteiger partial charge in [-0.25, -0.2) is 0 Å². The van der Waals surface area contributed by atoms with Crippen molar-refractivity contribution >= 4 is 17.9 Å². The molecule has 0 saturated carbocycles. The van der Waals surface area contributed by atoms with E-state index in [0.29, 0.717) is 12.8 Å². The van der Waals surface area contributed by atoms with Crippen molar-refractivity contribution in [2.45, 2.75) is 271 Å². The Labute approximate surface area is 498 Å². The van der Waals surface area contributed by atoms with Crippen LogP contribution in [0.15, 0.2) is 170 Å². The molecule has 0 aromatic rings. The molecule has 0 aliphatic heterocycles. The zero-order valence-corrected chi connectivity index (χ0v) is 52.0. The maximum absolute atomic E-state index is 12.9. The van der Waals surface area contributed by atoms with Crippen molar-refractivity contribution in [2.24, 2.45) is 0 Å². The molecule has 0 aromatic carbocycles. The molecule has 1 unspecified atom stereocenters. The first-order valence-corrected chi connectivity index (χ1v) is 32.6. The lowest BCUT2D eigenvalue weighted by atomic mass is 10.0. The van der Waals surface area contributed by atoms with Crippen molar-refractivity contribution in [1.82, 2.24) is 0 Å². The summed E-state index contributed by atoms with van der Waals surface area (Å²) in [4.78, 5) is 38.2. The third-order valence-electron chi connectivity index (χ3n) is 13.2. The minimum absolute atomic E-state index is 0.111. The van der Waals surface area contributed by atoms with E-state index in [2.05, 4.69) is 179 Å². The summed E-state index contributed by atoms with van der Waals surface area (Å²) in [6, 6.07) is 0. The van der Waals surface area contributed by atoms with E-state index in [1.807, 2.05) is 6.08 Å². The Morgan fingerprint density at radius 3 is 0.852 bits per heavy atom. The van der Waals surface area contributed by atoms with Crippen LogP contribution in [0.1, 0.15) is 265 Å². The van der Waals surface area contributed by atoms with Crippen LogP contribution >= 0.6 is 0 Å². The minimum Gasteiger partial charge on any atom is -0.462 e. The number of ether oxygens (including phenoxy) is 3. The molecule has 0 heterocycles. The van der Waals surface area contributed by atoms with Crippen LogP contribution in [0.2, 0.25) is 0 Å². The zero-order chi connectivity index (χ0) is 58.5. The van der Waals surface area contributed by atoms with Gasteiger partial charge in [-0.2, -0.15) is 0 Å². The van der Waals surface area contributed by atoms with Gasteiger partial charge in [0.2, 0.25) is 0 Å². The van der Waals surface area contributed by atoms with Gasteiger partial charge in [-0.05, 0) is 109 Å². The number of allylic oxidation sites excluding steroid dienone is 27. The minimum atomic E-state index is -0.850. The fraction of sp³-hybridized carbons (Fsp3) is 0.587. The molecular formula is C75H118O6. The van der Waals surface area contributed by atoms with Crippen molar-refractivity contribution in [3.05, 3.63) is 170 Å². The van der Waals surface area contributed by atoms with E-state index in [1.165, 1.54) is 103 Å². The van der Waals surface area contributed by atoms with Gasteiger partial charge in [-0.1, -0.05) is 306 Å². The number of carbonyl (C=O) groups is 3. The first kappa shape index (κ1) is 75.8. The van der Waals surface area contributed by atoms with E-state index >= 15 is 0 Å². The summed E-state index contributed by atoms with van der Waals surface area (Å²) < 4.78 is 16.8. The molecule has 81 heavy (non-hydrogen) atoms. The number of hydrogen-bond donors (Lipinski definition) is 0. The molecule has 6 heteroatoms. The molecule has 0 aliphatic rings. The van der Waals surface area contributed by atoms with E-state index in [0.717, 1.165) is 116 Å². The van der Waals surface area contributed by atoms with Gasteiger partial charge >= 0.3 is 17.9 Å². The van der Waals surface area contributed by atoms with Gasteiger partial charge in [-0.15, -0.1) is 0 Å². The van der Waals surface area contributed by atoms with Crippen molar-refractivity contribution < 1.29 is 28.6 Å². The van der Waals surface area contributed by atoms with Crippen LogP contribution in [0.3, 0.4) is 0 Å². The maximum atomic E-state index is 12.9. The first-order valence-electron chi connectivity index (χ1n) is 32.6. The van der Waals surface area contributed by atoms with Gasteiger partial charge in [0.15, 0.2) is 6.10 Å². The van der Waals surface area contributed by atoms with Crippen molar-refractivity contribution in [1.29, 1.82) is 0 Å². The molecule has 0 aromatic heterocycles. The molecule has 6 nitrogen and oxygen atoms in total. The predicted molar refractivity (Wildman–Crippen MR) is 352 cm³/mol. The van der Waals surface area contributed by atoms with Gasteiger partial charge < -0.3 is 14.2 Å². The second-order valence-corrected chi connectivity index (χ2v) is 20.9. The summed E-state index contributed by atoms with van der Waals surface area (Å²) in [5.41, 5.74) is 0. The second kappa shape index (κ2) is 67.3. The quantitative estimate of drug-likeness (QED) is 0.0261. The molecule has 0 rings (SSSR count). The van der Waals surface area contributed by atoms with Crippen molar-refractivity contribution in [3.8, 4) is 0 Å². The molecule has 0 fully saturated rings. The Balaban J connectivity index is 4.53. The normalized spacial score (nSPS) is 13.3. The third-order valence-corrected chi connectivity index (χ3v) is 13.2.